The van der Waals surface area contributed by atoms with E-state index < -0.39 is 10.0 Å². The molecule has 110 valence electrons. The van der Waals surface area contributed by atoms with Gasteiger partial charge >= 0.3 is 0 Å². The number of nitrogens with zero attached hydrogens (tertiary/aromatic N) is 2. The summed E-state index contributed by atoms with van der Waals surface area (Å²) < 4.78 is 26.7. The molecule has 0 aromatic carbocycles. The maximum atomic E-state index is 12.5. The molecular weight excluding hydrogens is 262 g/mol. The summed E-state index contributed by atoms with van der Waals surface area (Å²) in [5.74, 6) is 0.251. The molecule has 5 nitrogen and oxygen atoms in total. The molecule has 2 saturated heterocycles. The number of rotatable bonds is 5. The fourth-order valence-electron chi connectivity index (χ4n) is 3.34. The second kappa shape index (κ2) is 5.31. The van der Waals surface area contributed by atoms with Crippen molar-refractivity contribution in [3.8, 4) is 0 Å². The molecule has 2 aliphatic heterocycles. The summed E-state index contributed by atoms with van der Waals surface area (Å²) in [6, 6.07) is 1.17. The first kappa shape index (κ1) is 13.8. The van der Waals surface area contributed by atoms with E-state index in [1.165, 1.54) is 19.3 Å². The first-order valence-electron chi connectivity index (χ1n) is 7.53. The van der Waals surface area contributed by atoms with Crippen LogP contribution in [-0.2, 0) is 10.0 Å². The van der Waals surface area contributed by atoms with Crippen LogP contribution in [0.2, 0.25) is 0 Å². The largest absolute Gasteiger partial charge is 0.313 e. The Morgan fingerprint density at radius 3 is 2.74 bits per heavy atom. The smallest absolute Gasteiger partial charge is 0.215 e. The Morgan fingerprint density at radius 2 is 2.00 bits per heavy atom. The minimum atomic E-state index is -3.09. The van der Waals surface area contributed by atoms with Gasteiger partial charge in [-0.3, -0.25) is 4.90 Å². The molecule has 3 fully saturated rings. The van der Waals surface area contributed by atoms with Crippen LogP contribution < -0.4 is 5.32 Å². The molecule has 19 heavy (non-hydrogen) atoms. The molecule has 3 aliphatic rings. The quantitative estimate of drug-likeness (QED) is 0.787. The first-order chi connectivity index (χ1) is 9.06. The Bertz CT molecular complexity index is 422. The van der Waals surface area contributed by atoms with Crippen molar-refractivity contribution in [2.24, 2.45) is 0 Å². The number of sulfonamides is 1. The van der Waals surface area contributed by atoms with Gasteiger partial charge in [0.25, 0.3) is 0 Å². The summed E-state index contributed by atoms with van der Waals surface area (Å²) >= 11 is 0. The van der Waals surface area contributed by atoms with E-state index in [2.05, 4.69) is 10.2 Å². The highest BCUT2D eigenvalue weighted by molar-refractivity contribution is 7.89. The molecule has 1 saturated carbocycles. The van der Waals surface area contributed by atoms with E-state index in [0.29, 0.717) is 25.2 Å². The van der Waals surface area contributed by atoms with Crippen molar-refractivity contribution in [1.29, 1.82) is 0 Å². The van der Waals surface area contributed by atoms with Crippen molar-refractivity contribution < 1.29 is 8.42 Å². The third-order valence-corrected chi connectivity index (χ3v) is 6.55. The van der Waals surface area contributed by atoms with E-state index in [9.17, 15) is 8.42 Å². The van der Waals surface area contributed by atoms with Crippen LogP contribution in [-0.4, -0.2) is 67.7 Å². The number of nitrogens with one attached hydrogen (secondary N) is 1. The Hall–Kier alpha value is -0.170. The molecule has 0 aromatic rings. The van der Waals surface area contributed by atoms with Gasteiger partial charge in [0.1, 0.15) is 0 Å². The van der Waals surface area contributed by atoms with Gasteiger partial charge in [0.15, 0.2) is 0 Å². The van der Waals surface area contributed by atoms with Gasteiger partial charge in [-0.1, -0.05) is 0 Å². The third-order valence-electron chi connectivity index (χ3n) is 4.61. The summed E-state index contributed by atoms with van der Waals surface area (Å²) in [7, 11) is -3.09. The van der Waals surface area contributed by atoms with Crippen LogP contribution in [0.3, 0.4) is 0 Å². The fraction of sp³-hybridized carbons (Fsp3) is 1.00. The molecule has 2 heterocycles. The third kappa shape index (κ3) is 3.12. The van der Waals surface area contributed by atoms with Crippen LogP contribution in [0.25, 0.3) is 0 Å². The standard InChI is InChI=1S/C13H25N3O2S/c1-11-9-15-7-2-3-13(15)10-16(11)19(17,18)8-6-14-12-4-5-12/h11-14H,2-10H2,1H3. The lowest BCUT2D eigenvalue weighted by atomic mass is 10.1. The zero-order valence-electron chi connectivity index (χ0n) is 11.7. The Kier molecular flexibility index (Phi) is 3.86. The van der Waals surface area contributed by atoms with Crippen molar-refractivity contribution >= 4 is 10.0 Å². The maximum Gasteiger partial charge on any atom is 0.215 e. The predicted molar refractivity (Wildman–Crippen MR) is 75.6 cm³/mol. The zero-order valence-corrected chi connectivity index (χ0v) is 12.5. The highest BCUT2D eigenvalue weighted by Crippen LogP contribution is 2.26. The molecule has 1 N–H and O–H groups in total. The van der Waals surface area contributed by atoms with Crippen LogP contribution in [0.1, 0.15) is 32.6 Å². The summed E-state index contributed by atoms with van der Waals surface area (Å²) in [6.45, 7) is 5.39. The average molecular weight is 287 g/mol. The SMILES string of the molecule is CC1CN2CCCC2CN1S(=O)(=O)CCNC1CC1. The average Bonchev–Trinajstić information content (AvgIpc) is 3.05. The molecular formula is C13H25N3O2S. The van der Waals surface area contributed by atoms with Crippen molar-refractivity contribution in [2.75, 3.05) is 31.9 Å². The van der Waals surface area contributed by atoms with Crippen molar-refractivity contribution in [3.05, 3.63) is 0 Å². The van der Waals surface area contributed by atoms with Crippen molar-refractivity contribution in [1.82, 2.24) is 14.5 Å². The monoisotopic (exact) mass is 287 g/mol. The van der Waals surface area contributed by atoms with Gasteiger partial charge in [0.2, 0.25) is 10.0 Å². The van der Waals surface area contributed by atoms with E-state index in [-0.39, 0.29) is 11.8 Å². The normalized spacial score (nSPS) is 33.5. The second-order valence-corrected chi connectivity index (χ2v) is 8.30. The highest BCUT2D eigenvalue weighted by Gasteiger charge is 2.39. The molecule has 0 amide bonds. The van der Waals surface area contributed by atoms with E-state index >= 15 is 0 Å². The van der Waals surface area contributed by atoms with Gasteiger partial charge in [0.05, 0.1) is 5.75 Å². The first-order valence-corrected chi connectivity index (χ1v) is 9.14. The minimum Gasteiger partial charge on any atom is -0.313 e. The molecule has 3 rings (SSSR count). The lowest BCUT2D eigenvalue weighted by molar-refractivity contribution is 0.117. The molecule has 0 bridgehead atoms. The van der Waals surface area contributed by atoms with E-state index in [1.807, 2.05) is 6.92 Å². The molecule has 6 heteroatoms. The van der Waals surface area contributed by atoms with E-state index in [0.717, 1.165) is 19.5 Å². The molecule has 2 atom stereocenters. The van der Waals surface area contributed by atoms with Crippen molar-refractivity contribution in [2.45, 2.75) is 50.7 Å². The van der Waals surface area contributed by atoms with E-state index in [4.69, 9.17) is 0 Å². The molecule has 2 unspecified atom stereocenters. The van der Waals surface area contributed by atoms with Crippen molar-refractivity contribution in [3.63, 3.8) is 0 Å². The van der Waals surface area contributed by atoms with Gasteiger partial charge in [-0.2, -0.15) is 4.31 Å². The molecule has 0 radical (unpaired) electrons. The summed E-state index contributed by atoms with van der Waals surface area (Å²) in [6.07, 6.45) is 4.78. The number of piperazine rings is 1. The van der Waals surface area contributed by atoms with Crippen LogP contribution in [0.15, 0.2) is 0 Å². The van der Waals surface area contributed by atoms with Crippen LogP contribution in [0, 0.1) is 0 Å². The van der Waals surface area contributed by atoms with Crippen LogP contribution in [0.4, 0.5) is 0 Å². The predicted octanol–water partition coefficient (Wildman–Crippen LogP) is 0.237. The summed E-state index contributed by atoms with van der Waals surface area (Å²) in [5.41, 5.74) is 0. The number of fused-ring (bicyclic) bond motifs is 1. The van der Waals surface area contributed by atoms with Gasteiger partial charge in [0, 0.05) is 37.8 Å². The Morgan fingerprint density at radius 1 is 1.21 bits per heavy atom. The fourth-order valence-corrected chi connectivity index (χ4v) is 4.97. The van der Waals surface area contributed by atoms with E-state index in [1.54, 1.807) is 4.31 Å². The second-order valence-electron chi connectivity index (χ2n) is 6.25. The molecule has 0 aromatic heterocycles. The van der Waals surface area contributed by atoms with Crippen LogP contribution >= 0.6 is 0 Å². The Balaban J connectivity index is 1.58. The lowest BCUT2D eigenvalue weighted by Gasteiger charge is -2.41. The number of hydrogen-bond donors (Lipinski definition) is 1. The summed E-state index contributed by atoms with van der Waals surface area (Å²) in [4.78, 5) is 2.46. The Labute approximate surface area is 116 Å². The molecule has 1 aliphatic carbocycles. The topological polar surface area (TPSA) is 52.7 Å². The lowest BCUT2D eigenvalue weighted by Crippen LogP contribution is -2.57. The summed E-state index contributed by atoms with van der Waals surface area (Å²) in [5, 5.41) is 3.30. The highest BCUT2D eigenvalue weighted by atomic mass is 32.2. The van der Waals surface area contributed by atoms with Gasteiger partial charge in [-0.15, -0.1) is 0 Å². The van der Waals surface area contributed by atoms with Gasteiger partial charge < -0.3 is 5.32 Å². The maximum absolute atomic E-state index is 12.5. The van der Waals surface area contributed by atoms with Crippen LogP contribution in [0.5, 0.6) is 0 Å². The minimum absolute atomic E-state index is 0.125. The molecule has 0 spiro atoms. The number of hydrogen-bond acceptors (Lipinski definition) is 4. The zero-order chi connectivity index (χ0) is 13.5. The van der Waals surface area contributed by atoms with Gasteiger partial charge in [-0.05, 0) is 39.2 Å². The van der Waals surface area contributed by atoms with Gasteiger partial charge in [-0.25, -0.2) is 8.42 Å².